The SMILES string of the molecule is Cc1ccnn1CCCNC(=O)CCn1cc(Br)cn1. The predicted molar refractivity (Wildman–Crippen MR) is 79.1 cm³/mol. The number of nitrogens with one attached hydrogen (secondary N) is 1. The summed E-state index contributed by atoms with van der Waals surface area (Å²) in [5.41, 5.74) is 1.14. The summed E-state index contributed by atoms with van der Waals surface area (Å²) in [6.07, 6.45) is 6.67. The average Bonchev–Trinajstić information content (AvgIpc) is 3.01. The van der Waals surface area contributed by atoms with Crippen LogP contribution in [0.3, 0.4) is 0 Å². The molecule has 0 atom stereocenters. The lowest BCUT2D eigenvalue weighted by Crippen LogP contribution is -2.26. The molecule has 1 N–H and O–H groups in total. The third-order valence-electron chi connectivity index (χ3n) is 2.97. The quantitative estimate of drug-likeness (QED) is 0.781. The molecule has 0 aromatic carbocycles. The van der Waals surface area contributed by atoms with E-state index in [4.69, 9.17) is 0 Å². The highest BCUT2D eigenvalue weighted by molar-refractivity contribution is 9.10. The minimum absolute atomic E-state index is 0.0498. The highest BCUT2D eigenvalue weighted by Crippen LogP contribution is 2.06. The van der Waals surface area contributed by atoms with Crippen LogP contribution in [0.4, 0.5) is 0 Å². The molecule has 6 nitrogen and oxygen atoms in total. The van der Waals surface area contributed by atoms with Gasteiger partial charge in [0.15, 0.2) is 0 Å². The molecule has 0 unspecified atom stereocenters. The van der Waals surface area contributed by atoms with Gasteiger partial charge in [0.1, 0.15) is 0 Å². The van der Waals surface area contributed by atoms with Gasteiger partial charge in [-0.05, 0) is 35.3 Å². The average molecular weight is 340 g/mol. The van der Waals surface area contributed by atoms with E-state index in [9.17, 15) is 4.79 Å². The second-order valence-electron chi connectivity index (χ2n) is 4.57. The normalized spacial score (nSPS) is 10.7. The molecule has 0 bridgehead atoms. The van der Waals surface area contributed by atoms with E-state index in [2.05, 4.69) is 31.4 Å². The lowest BCUT2D eigenvalue weighted by molar-refractivity contribution is -0.121. The van der Waals surface area contributed by atoms with Crippen molar-refractivity contribution in [3.05, 3.63) is 34.8 Å². The third-order valence-corrected chi connectivity index (χ3v) is 3.38. The Balaban J connectivity index is 1.59. The van der Waals surface area contributed by atoms with Crippen molar-refractivity contribution in [2.45, 2.75) is 32.9 Å². The molecule has 108 valence electrons. The summed E-state index contributed by atoms with van der Waals surface area (Å²) >= 11 is 3.32. The Hall–Kier alpha value is -1.63. The first-order valence-electron chi connectivity index (χ1n) is 6.58. The Labute approximate surface area is 126 Å². The van der Waals surface area contributed by atoms with Crippen LogP contribution in [0, 0.1) is 6.92 Å². The van der Waals surface area contributed by atoms with Crippen molar-refractivity contribution in [2.24, 2.45) is 0 Å². The fourth-order valence-electron chi connectivity index (χ4n) is 1.85. The van der Waals surface area contributed by atoms with Crippen LogP contribution in [-0.4, -0.2) is 32.0 Å². The van der Waals surface area contributed by atoms with Crippen molar-refractivity contribution in [1.29, 1.82) is 0 Å². The van der Waals surface area contributed by atoms with Gasteiger partial charge in [-0.15, -0.1) is 0 Å². The van der Waals surface area contributed by atoms with Gasteiger partial charge in [0.25, 0.3) is 0 Å². The molecular weight excluding hydrogens is 322 g/mol. The predicted octanol–water partition coefficient (Wildman–Crippen LogP) is 1.75. The number of amides is 1. The number of aryl methyl sites for hydroxylation is 3. The molecule has 0 aliphatic heterocycles. The summed E-state index contributed by atoms with van der Waals surface area (Å²) in [4.78, 5) is 11.7. The second-order valence-corrected chi connectivity index (χ2v) is 5.49. The molecule has 0 radical (unpaired) electrons. The van der Waals surface area contributed by atoms with E-state index >= 15 is 0 Å². The zero-order valence-corrected chi connectivity index (χ0v) is 13.0. The van der Waals surface area contributed by atoms with Crippen LogP contribution in [0.15, 0.2) is 29.1 Å². The highest BCUT2D eigenvalue weighted by Gasteiger charge is 2.03. The molecular formula is C13H18BrN5O. The van der Waals surface area contributed by atoms with Gasteiger partial charge in [0, 0.05) is 44.1 Å². The van der Waals surface area contributed by atoms with Crippen LogP contribution >= 0.6 is 15.9 Å². The maximum Gasteiger partial charge on any atom is 0.221 e. The fraction of sp³-hybridized carbons (Fsp3) is 0.462. The molecule has 0 aliphatic carbocycles. The first-order valence-corrected chi connectivity index (χ1v) is 7.37. The van der Waals surface area contributed by atoms with Crippen LogP contribution in [0.5, 0.6) is 0 Å². The standard InChI is InChI=1S/C13H18BrN5O/c1-11-3-6-16-19(11)7-2-5-15-13(20)4-8-18-10-12(14)9-17-18/h3,6,9-10H,2,4-5,7-8H2,1H3,(H,15,20). The van der Waals surface area contributed by atoms with E-state index in [1.165, 1.54) is 0 Å². The molecule has 0 saturated heterocycles. The van der Waals surface area contributed by atoms with Crippen molar-refractivity contribution in [1.82, 2.24) is 24.9 Å². The molecule has 7 heteroatoms. The monoisotopic (exact) mass is 339 g/mol. The van der Waals surface area contributed by atoms with Crippen molar-refractivity contribution in [3.63, 3.8) is 0 Å². The summed E-state index contributed by atoms with van der Waals surface area (Å²) in [7, 11) is 0. The lowest BCUT2D eigenvalue weighted by Gasteiger charge is -2.06. The third kappa shape index (κ3) is 4.48. The van der Waals surface area contributed by atoms with Gasteiger partial charge >= 0.3 is 0 Å². The molecule has 2 rings (SSSR count). The van der Waals surface area contributed by atoms with Gasteiger partial charge in [-0.2, -0.15) is 10.2 Å². The van der Waals surface area contributed by atoms with Gasteiger partial charge in [-0.25, -0.2) is 0 Å². The fourth-order valence-corrected chi connectivity index (χ4v) is 2.18. The van der Waals surface area contributed by atoms with E-state index in [-0.39, 0.29) is 5.91 Å². The summed E-state index contributed by atoms with van der Waals surface area (Å²) < 4.78 is 4.61. The molecule has 20 heavy (non-hydrogen) atoms. The molecule has 1 amide bonds. The number of hydrogen-bond acceptors (Lipinski definition) is 3. The molecule has 0 spiro atoms. The van der Waals surface area contributed by atoms with Crippen molar-refractivity contribution in [3.8, 4) is 0 Å². The Morgan fingerprint density at radius 1 is 1.40 bits per heavy atom. The van der Waals surface area contributed by atoms with Crippen LogP contribution in [0.1, 0.15) is 18.5 Å². The minimum atomic E-state index is 0.0498. The first kappa shape index (κ1) is 14.8. The van der Waals surface area contributed by atoms with Gasteiger partial charge in [-0.3, -0.25) is 14.2 Å². The van der Waals surface area contributed by atoms with Crippen LogP contribution in [0.25, 0.3) is 0 Å². The second kappa shape index (κ2) is 7.23. The minimum Gasteiger partial charge on any atom is -0.356 e. The van der Waals surface area contributed by atoms with Gasteiger partial charge in [0.05, 0.1) is 10.7 Å². The van der Waals surface area contributed by atoms with E-state index in [0.29, 0.717) is 19.5 Å². The number of nitrogens with zero attached hydrogens (tertiary/aromatic N) is 4. The molecule has 0 fully saturated rings. The topological polar surface area (TPSA) is 64.7 Å². The highest BCUT2D eigenvalue weighted by atomic mass is 79.9. The van der Waals surface area contributed by atoms with Crippen molar-refractivity contribution < 1.29 is 4.79 Å². The summed E-state index contributed by atoms with van der Waals surface area (Å²) in [6, 6.07) is 1.97. The number of aromatic nitrogens is 4. The van der Waals surface area contributed by atoms with Crippen LogP contribution in [0.2, 0.25) is 0 Å². The Kier molecular flexibility index (Phi) is 5.34. The summed E-state index contributed by atoms with van der Waals surface area (Å²) in [5.74, 6) is 0.0498. The Morgan fingerprint density at radius 3 is 2.90 bits per heavy atom. The molecule has 2 aromatic rings. The maximum atomic E-state index is 11.7. The lowest BCUT2D eigenvalue weighted by atomic mass is 10.3. The number of carbonyl (C=O) groups is 1. The van der Waals surface area contributed by atoms with Crippen molar-refractivity contribution >= 4 is 21.8 Å². The van der Waals surface area contributed by atoms with E-state index in [1.807, 2.05) is 23.9 Å². The number of halogens is 1. The van der Waals surface area contributed by atoms with Gasteiger partial charge in [0.2, 0.25) is 5.91 Å². The van der Waals surface area contributed by atoms with Crippen LogP contribution in [-0.2, 0) is 17.9 Å². The Morgan fingerprint density at radius 2 is 2.25 bits per heavy atom. The molecule has 2 heterocycles. The number of rotatable bonds is 7. The molecule has 2 aromatic heterocycles. The molecule has 0 aliphatic rings. The van der Waals surface area contributed by atoms with Gasteiger partial charge < -0.3 is 5.32 Å². The van der Waals surface area contributed by atoms with E-state index in [0.717, 1.165) is 23.1 Å². The maximum absolute atomic E-state index is 11.7. The zero-order chi connectivity index (χ0) is 14.4. The molecule has 0 saturated carbocycles. The summed E-state index contributed by atoms with van der Waals surface area (Å²) in [6.45, 7) is 4.11. The Bertz CT molecular complexity index is 563. The van der Waals surface area contributed by atoms with E-state index in [1.54, 1.807) is 17.1 Å². The van der Waals surface area contributed by atoms with Gasteiger partial charge in [-0.1, -0.05) is 0 Å². The zero-order valence-electron chi connectivity index (χ0n) is 11.4. The first-order chi connectivity index (χ1) is 9.65. The summed E-state index contributed by atoms with van der Waals surface area (Å²) in [5, 5.41) is 11.2. The largest absolute Gasteiger partial charge is 0.356 e. The van der Waals surface area contributed by atoms with Crippen LogP contribution < -0.4 is 5.32 Å². The number of carbonyl (C=O) groups excluding carboxylic acids is 1. The number of hydrogen-bond donors (Lipinski definition) is 1. The van der Waals surface area contributed by atoms with Crippen molar-refractivity contribution in [2.75, 3.05) is 6.54 Å². The smallest absolute Gasteiger partial charge is 0.221 e. The van der Waals surface area contributed by atoms with E-state index < -0.39 is 0 Å².